The molecular formula is C19H23N7O. The van der Waals surface area contributed by atoms with Gasteiger partial charge in [0.15, 0.2) is 0 Å². The van der Waals surface area contributed by atoms with Crippen molar-refractivity contribution in [3.05, 3.63) is 58.9 Å². The number of likely N-dealkylation sites (tertiary alicyclic amines) is 1. The molecule has 8 heteroatoms. The van der Waals surface area contributed by atoms with Crippen molar-refractivity contribution in [2.24, 2.45) is 13.0 Å². The van der Waals surface area contributed by atoms with Gasteiger partial charge >= 0.3 is 0 Å². The van der Waals surface area contributed by atoms with Gasteiger partial charge in [-0.1, -0.05) is 0 Å². The van der Waals surface area contributed by atoms with Crippen LogP contribution >= 0.6 is 0 Å². The number of hydrogen-bond donors (Lipinski definition) is 0. The molecule has 0 aliphatic carbocycles. The first-order valence-corrected chi connectivity index (χ1v) is 9.23. The number of rotatable bonds is 5. The van der Waals surface area contributed by atoms with Crippen molar-refractivity contribution in [2.75, 3.05) is 13.1 Å². The second-order valence-electron chi connectivity index (χ2n) is 7.02. The molecular weight excluding hydrogens is 342 g/mol. The standard InChI is InChI=1S/C19H23N7O/c1-24-21-12-17(22-24)14-25-10-6-15(7-11-25)13-26-19(27)3-2-18(23-26)16-4-8-20-9-5-16/h2-5,8-9,12,15H,6-7,10-11,13-14H2,1H3. The number of piperidine rings is 1. The van der Waals surface area contributed by atoms with Gasteiger partial charge in [0, 0.05) is 44.2 Å². The molecule has 0 unspecified atom stereocenters. The van der Waals surface area contributed by atoms with Gasteiger partial charge in [0.1, 0.15) is 0 Å². The smallest absolute Gasteiger partial charge is 0.266 e. The Labute approximate surface area is 157 Å². The Morgan fingerprint density at radius 2 is 1.85 bits per heavy atom. The van der Waals surface area contributed by atoms with Gasteiger partial charge in [0.05, 0.1) is 17.6 Å². The van der Waals surface area contributed by atoms with Crippen molar-refractivity contribution in [3.63, 3.8) is 0 Å². The number of aryl methyl sites for hydroxylation is 1. The van der Waals surface area contributed by atoms with Crippen LogP contribution in [0.15, 0.2) is 47.7 Å². The Morgan fingerprint density at radius 1 is 1.07 bits per heavy atom. The summed E-state index contributed by atoms with van der Waals surface area (Å²) >= 11 is 0. The molecule has 4 heterocycles. The van der Waals surface area contributed by atoms with Crippen LogP contribution in [0.5, 0.6) is 0 Å². The van der Waals surface area contributed by atoms with Crippen LogP contribution in [0.25, 0.3) is 11.3 Å². The summed E-state index contributed by atoms with van der Waals surface area (Å²) in [6, 6.07) is 7.19. The van der Waals surface area contributed by atoms with Crippen molar-refractivity contribution < 1.29 is 0 Å². The molecule has 4 rings (SSSR count). The predicted octanol–water partition coefficient (Wildman–Crippen LogP) is 1.35. The molecule has 0 bridgehead atoms. The fourth-order valence-corrected chi connectivity index (χ4v) is 3.52. The summed E-state index contributed by atoms with van der Waals surface area (Å²) < 4.78 is 1.61. The van der Waals surface area contributed by atoms with Gasteiger partial charge in [-0.05, 0) is 50.0 Å². The van der Waals surface area contributed by atoms with E-state index in [1.807, 2.05) is 25.4 Å². The predicted molar refractivity (Wildman–Crippen MR) is 101 cm³/mol. The third kappa shape index (κ3) is 4.28. The van der Waals surface area contributed by atoms with E-state index in [-0.39, 0.29) is 5.56 Å². The van der Waals surface area contributed by atoms with E-state index >= 15 is 0 Å². The zero-order chi connectivity index (χ0) is 18.6. The Kier molecular flexibility index (Phi) is 5.06. The highest BCUT2D eigenvalue weighted by atomic mass is 16.1. The van der Waals surface area contributed by atoms with E-state index in [4.69, 9.17) is 0 Å². The van der Waals surface area contributed by atoms with E-state index in [9.17, 15) is 4.79 Å². The van der Waals surface area contributed by atoms with Crippen LogP contribution in [-0.2, 0) is 20.1 Å². The third-order valence-corrected chi connectivity index (χ3v) is 5.01. The average Bonchev–Trinajstić information content (AvgIpc) is 3.10. The lowest BCUT2D eigenvalue weighted by atomic mass is 9.97. The normalized spacial score (nSPS) is 15.9. The molecule has 27 heavy (non-hydrogen) atoms. The lowest BCUT2D eigenvalue weighted by Gasteiger charge is -2.31. The molecule has 0 spiro atoms. The third-order valence-electron chi connectivity index (χ3n) is 5.01. The SMILES string of the molecule is Cn1ncc(CN2CCC(Cn3nc(-c4ccncc4)ccc3=O)CC2)n1. The van der Waals surface area contributed by atoms with Crippen LogP contribution in [0.3, 0.4) is 0 Å². The fourth-order valence-electron chi connectivity index (χ4n) is 3.52. The first kappa shape index (κ1) is 17.5. The number of nitrogens with zero attached hydrogens (tertiary/aromatic N) is 7. The largest absolute Gasteiger partial charge is 0.297 e. The molecule has 1 aliphatic heterocycles. The zero-order valence-corrected chi connectivity index (χ0v) is 15.4. The van der Waals surface area contributed by atoms with E-state index in [1.165, 1.54) is 0 Å². The highest BCUT2D eigenvalue weighted by molar-refractivity contribution is 5.56. The minimum Gasteiger partial charge on any atom is -0.297 e. The average molecular weight is 365 g/mol. The van der Waals surface area contributed by atoms with E-state index in [1.54, 1.807) is 34.0 Å². The van der Waals surface area contributed by atoms with Gasteiger partial charge in [-0.2, -0.15) is 20.1 Å². The van der Waals surface area contributed by atoms with Gasteiger partial charge in [0.25, 0.3) is 5.56 Å². The summed E-state index contributed by atoms with van der Waals surface area (Å²) in [4.78, 5) is 20.3. The molecule has 1 aliphatic rings. The minimum absolute atomic E-state index is 0.0465. The maximum absolute atomic E-state index is 12.2. The summed E-state index contributed by atoms with van der Waals surface area (Å²) in [6.45, 7) is 3.49. The van der Waals surface area contributed by atoms with E-state index in [0.717, 1.165) is 49.4 Å². The highest BCUT2D eigenvalue weighted by Crippen LogP contribution is 2.20. The van der Waals surface area contributed by atoms with Gasteiger partial charge in [-0.3, -0.25) is 14.7 Å². The fraction of sp³-hybridized carbons (Fsp3) is 0.421. The molecule has 1 saturated heterocycles. The molecule has 0 amide bonds. The van der Waals surface area contributed by atoms with Crippen molar-refractivity contribution in [3.8, 4) is 11.3 Å². The highest BCUT2D eigenvalue weighted by Gasteiger charge is 2.21. The summed E-state index contributed by atoms with van der Waals surface area (Å²) in [5.74, 6) is 0.459. The quantitative estimate of drug-likeness (QED) is 0.679. The van der Waals surface area contributed by atoms with Gasteiger partial charge < -0.3 is 0 Å². The number of aromatic nitrogens is 6. The number of hydrogen-bond acceptors (Lipinski definition) is 6. The first-order valence-electron chi connectivity index (χ1n) is 9.23. The summed E-state index contributed by atoms with van der Waals surface area (Å²) in [5, 5.41) is 13.0. The molecule has 0 atom stereocenters. The van der Waals surface area contributed by atoms with E-state index < -0.39 is 0 Å². The van der Waals surface area contributed by atoms with Gasteiger partial charge in [0.2, 0.25) is 0 Å². The summed E-state index contributed by atoms with van der Waals surface area (Å²) in [5.41, 5.74) is 2.73. The van der Waals surface area contributed by atoms with Gasteiger partial charge in [-0.25, -0.2) is 4.68 Å². The van der Waals surface area contributed by atoms with E-state index in [0.29, 0.717) is 12.5 Å². The van der Waals surface area contributed by atoms with Crippen LogP contribution in [0.4, 0.5) is 0 Å². The molecule has 1 fully saturated rings. The topological polar surface area (TPSA) is 81.7 Å². The Hall–Kier alpha value is -2.87. The second kappa shape index (κ2) is 7.79. The zero-order valence-electron chi connectivity index (χ0n) is 15.4. The Morgan fingerprint density at radius 3 is 2.56 bits per heavy atom. The lowest BCUT2D eigenvalue weighted by molar-refractivity contribution is 0.162. The molecule has 3 aromatic rings. The number of pyridine rings is 1. The monoisotopic (exact) mass is 365 g/mol. The van der Waals surface area contributed by atoms with Crippen LogP contribution in [0, 0.1) is 5.92 Å². The summed E-state index contributed by atoms with van der Waals surface area (Å²) in [6.07, 6.45) is 7.39. The van der Waals surface area contributed by atoms with Crippen LogP contribution in [0.2, 0.25) is 0 Å². The molecule has 140 valence electrons. The Bertz CT molecular complexity index is 942. The van der Waals surface area contributed by atoms with Crippen molar-refractivity contribution in [1.82, 2.24) is 34.7 Å². The van der Waals surface area contributed by atoms with Crippen LogP contribution in [0.1, 0.15) is 18.5 Å². The molecule has 0 saturated carbocycles. The minimum atomic E-state index is -0.0465. The molecule has 3 aromatic heterocycles. The summed E-state index contributed by atoms with van der Waals surface area (Å²) in [7, 11) is 1.83. The van der Waals surface area contributed by atoms with Crippen LogP contribution < -0.4 is 5.56 Å². The first-order chi connectivity index (χ1) is 13.2. The molecule has 0 aromatic carbocycles. The van der Waals surface area contributed by atoms with Crippen LogP contribution in [-0.4, -0.2) is 47.7 Å². The van der Waals surface area contributed by atoms with E-state index in [2.05, 4.69) is 25.2 Å². The second-order valence-corrected chi connectivity index (χ2v) is 7.02. The molecule has 0 N–H and O–H groups in total. The maximum Gasteiger partial charge on any atom is 0.266 e. The molecule has 8 nitrogen and oxygen atoms in total. The molecule has 0 radical (unpaired) electrons. The van der Waals surface area contributed by atoms with Crippen molar-refractivity contribution in [1.29, 1.82) is 0 Å². The Balaban J connectivity index is 1.38. The van der Waals surface area contributed by atoms with Crippen molar-refractivity contribution in [2.45, 2.75) is 25.9 Å². The van der Waals surface area contributed by atoms with Crippen molar-refractivity contribution >= 4 is 0 Å². The van der Waals surface area contributed by atoms with Gasteiger partial charge in [-0.15, -0.1) is 0 Å². The lowest BCUT2D eigenvalue weighted by Crippen LogP contribution is -2.36. The maximum atomic E-state index is 12.2.